The lowest BCUT2D eigenvalue weighted by Crippen LogP contribution is -2.05. The highest BCUT2D eigenvalue weighted by Gasteiger charge is 2.22. The van der Waals surface area contributed by atoms with Crippen molar-refractivity contribution < 1.29 is 10.0 Å². The fourth-order valence-electron chi connectivity index (χ4n) is 2.17. The van der Waals surface area contributed by atoms with Gasteiger partial charge in [0, 0.05) is 35.2 Å². The van der Waals surface area contributed by atoms with Crippen molar-refractivity contribution in [2.45, 2.75) is 36.1 Å². The van der Waals surface area contributed by atoms with Crippen LogP contribution in [0.15, 0.2) is 46.5 Å². The molecule has 2 aromatic rings. The van der Waals surface area contributed by atoms with E-state index < -0.39 is 0 Å². The maximum Gasteiger partial charge on any atom is 0.273 e. The van der Waals surface area contributed by atoms with Crippen LogP contribution in [0, 0.1) is 10.1 Å². The highest BCUT2D eigenvalue weighted by Crippen LogP contribution is 2.36. The second-order valence-corrected chi connectivity index (χ2v) is 6.05. The Labute approximate surface area is 133 Å². The van der Waals surface area contributed by atoms with E-state index in [9.17, 15) is 15.2 Å². The molecule has 0 aliphatic carbocycles. The van der Waals surface area contributed by atoms with Crippen LogP contribution >= 0.6 is 11.8 Å². The normalized spacial score (nSPS) is 12.1. The third-order valence-corrected chi connectivity index (χ3v) is 4.50. The standard InChI is InChI=1S/C16H18N2O3S/c1-3-12-8-14(18(20)21)13(11(2)10-19)9-15(12)22-16-6-4-5-7-17-16/h4-9,11,19H,3,10H2,1-2H3. The van der Waals surface area contributed by atoms with Crippen molar-refractivity contribution in [1.82, 2.24) is 4.98 Å². The SMILES string of the molecule is CCc1cc([N+](=O)[O-])c(C(C)CO)cc1Sc1ccccn1. The molecule has 0 fully saturated rings. The molecule has 2 rings (SSSR count). The van der Waals surface area contributed by atoms with E-state index in [4.69, 9.17) is 0 Å². The van der Waals surface area contributed by atoms with Gasteiger partial charge in [0.05, 0.1) is 4.92 Å². The Morgan fingerprint density at radius 3 is 2.73 bits per heavy atom. The number of aliphatic hydroxyl groups is 1. The molecule has 0 spiro atoms. The van der Waals surface area contributed by atoms with Gasteiger partial charge in [0.1, 0.15) is 5.03 Å². The van der Waals surface area contributed by atoms with Crippen molar-refractivity contribution in [1.29, 1.82) is 0 Å². The average molecular weight is 318 g/mol. The van der Waals surface area contributed by atoms with Crippen LogP contribution in [0.1, 0.15) is 30.9 Å². The van der Waals surface area contributed by atoms with E-state index >= 15 is 0 Å². The van der Waals surface area contributed by atoms with Gasteiger partial charge in [-0.05, 0) is 30.2 Å². The summed E-state index contributed by atoms with van der Waals surface area (Å²) in [6.45, 7) is 3.62. The number of nitro groups is 1. The van der Waals surface area contributed by atoms with Crippen molar-refractivity contribution in [2.75, 3.05) is 6.61 Å². The number of pyridine rings is 1. The summed E-state index contributed by atoms with van der Waals surface area (Å²) in [6.07, 6.45) is 2.42. The van der Waals surface area contributed by atoms with Gasteiger partial charge in [-0.25, -0.2) is 4.98 Å². The molecule has 1 heterocycles. The summed E-state index contributed by atoms with van der Waals surface area (Å²) in [7, 11) is 0. The molecule has 0 saturated carbocycles. The smallest absolute Gasteiger partial charge is 0.273 e. The molecule has 0 radical (unpaired) electrons. The highest BCUT2D eigenvalue weighted by atomic mass is 32.2. The van der Waals surface area contributed by atoms with Gasteiger partial charge in [0.15, 0.2) is 0 Å². The minimum atomic E-state index is -0.379. The number of nitrogens with zero attached hydrogens (tertiary/aromatic N) is 2. The number of aromatic nitrogens is 1. The van der Waals surface area contributed by atoms with Gasteiger partial charge in [0.25, 0.3) is 5.69 Å². The van der Waals surface area contributed by atoms with Gasteiger partial charge < -0.3 is 5.11 Å². The summed E-state index contributed by atoms with van der Waals surface area (Å²) in [5, 5.41) is 21.5. The van der Waals surface area contributed by atoms with Gasteiger partial charge in [-0.2, -0.15) is 0 Å². The topological polar surface area (TPSA) is 76.3 Å². The molecular formula is C16H18N2O3S. The van der Waals surface area contributed by atoms with E-state index in [2.05, 4.69) is 4.98 Å². The molecule has 1 N–H and O–H groups in total. The minimum absolute atomic E-state index is 0.0729. The average Bonchev–Trinajstić information content (AvgIpc) is 2.54. The van der Waals surface area contributed by atoms with E-state index in [-0.39, 0.29) is 23.1 Å². The second kappa shape index (κ2) is 7.38. The largest absolute Gasteiger partial charge is 0.396 e. The van der Waals surface area contributed by atoms with Gasteiger partial charge in [-0.1, -0.05) is 31.7 Å². The molecule has 0 saturated heterocycles. The minimum Gasteiger partial charge on any atom is -0.396 e. The zero-order valence-corrected chi connectivity index (χ0v) is 13.3. The molecule has 0 bridgehead atoms. The lowest BCUT2D eigenvalue weighted by molar-refractivity contribution is -0.385. The molecule has 1 atom stereocenters. The van der Waals surface area contributed by atoms with E-state index in [0.29, 0.717) is 12.0 Å². The lowest BCUT2D eigenvalue weighted by Gasteiger charge is -2.14. The maximum atomic E-state index is 11.3. The van der Waals surface area contributed by atoms with Crippen molar-refractivity contribution in [3.05, 3.63) is 57.8 Å². The van der Waals surface area contributed by atoms with E-state index in [1.807, 2.05) is 31.2 Å². The van der Waals surface area contributed by atoms with Crippen LogP contribution in [0.4, 0.5) is 5.69 Å². The van der Waals surface area contributed by atoms with Crippen molar-refractivity contribution in [3.63, 3.8) is 0 Å². The predicted octanol–water partition coefficient (Wildman–Crippen LogP) is 3.80. The summed E-state index contributed by atoms with van der Waals surface area (Å²) in [4.78, 5) is 16.1. The quantitative estimate of drug-likeness (QED) is 0.647. The molecule has 1 unspecified atom stereocenters. The van der Waals surface area contributed by atoms with Crippen molar-refractivity contribution in [3.8, 4) is 0 Å². The first-order valence-corrected chi connectivity index (χ1v) is 7.89. The molecule has 1 aromatic carbocycles. The molecular weight excluding hydrogens is 300 g/mol. The number of benzene rings is 1. The van der Waals surface area contributed by atoms with E-state index in [0.717, 1.165) is 15.5 Å². The zero-order valence-electron chi connectivity index (χ0n) is 12.5. The van der Waals surface area contributed by atoms with Crippen LogP contribution in [0.3, 0.4) is 0 Å². The summed E-state index contributed by atoms with van der Waals surface area (Å²) in [5.41, 5.74) is 1.54. The van der Waals surface area contributed by atoms with Crippen LogP contribution < -0.4 is 0 Å². The Morgan fingerprint density at radius 1 is 1.41 bits per heavy atom. The first-order chi connectivity index (χ1) is 10.6. The first-order valence-electron chi connectivity index (χ1n) is 7.07. The zero-order chi connectivity index (χ0) is 16.1. The Bertz CT molecular complexity index is 662. The van der Waals surface area contributed by atoms with Gasteiger partial charge >= 0.3 is 0 Å². The molecule has 6 heteroatoms. The number of rotatable bonds is 6. The highest BCUT2D eigenvalue weighted by molar-refractivity contribution is 7.99. The Morgan fingerprint density at radius 2 is 2.18 bits per heavy atom. The summed E-state index contributed by atoms with van der Waals surface area (Å²) in [5.74, 6) is -0.283. The summed E-state index contributed by atoms with van der Waals surface area (Å²) in [6, 6.07) is 9.09. The Balaban J connectivity index is 2.50. The number of aryl methyl sites for hydroxylation is 1. The van der Waals surface area contributed by atoms with Crippen LogP contribution in [-0.2, 0) is 6.42 Å². The number of aliphatic hydroxyl groups excluding tert-OH is 1. The third kappa shape index (κ3) is 3.64. The van der Waals surface area contributed by atoms with Crippen LogP contribution in [0.2, 0.25) is 0 Å². The lowest BCUT2D eigenvalue weighted by atomic mass is 9.97. The summed E-state index contributed by atoms with van der Waals surface area (Å²) < 4.78 is 0. The molecule has 1 aromatic heterocycles. The molecule has 0 aliphatic heterocycles. The van der Waals surface area contributed by atoms with E-state index in [1.54, 1.807) is 19.2 Å². The van der Waals surface area contributed by atoms with Crippen LogP contribution in [-0.4, -0.2) is 21.6 Å². The number of hydrogen-bond donors (Lipinski definition) is 1. The second-order valence-electron chi connectivity index (χ2n) is 4.98. The van der Waals surface area contributed by atoms with E-state index in [1.165, 1.54) is 11.8 Å². The van der Waals surface area contributed by atoms with Gasteiger partial charge in [-0.15, -0.1) is 0 Å². The molecule has 22 heavy (non-hydrogen) atoms. The predicted molar refractivity (Wildman–Crippen MR) is 86.3 cm³/mol. The van der Waals surface area contributed by atoms with Crippen LogP contribution in [0.25, 0.3) is 0 Å². The Kier molecular flexibility index (Phi) is 5.51. The molecule has 0 amide bonds. The number of nitro benzene ring substituents is 1. The Hall–Kier alpha value is -1.92. The fraction of sp³-hybridized carbons (Fsp3) is 0.312. The third-order valence-electron chi connectivity index (χ3n) is 3.44. The van der Waals surface area contributed by atoms with Crippen molar-refractivity contribution in [2.24, 2.45) is 0 Å². The first kappa shape index (κ1) is 16.5. The monoisotopic (exact) mass is 318 g/mol. The molecule has 116 valence electrons. The molecule has 5 nitrogen and oxygen atoms in total. The molecule has 0 aliphatic rings. The van der Waals surface area contributed by atoms with Gasteiger partial charge in [-0.3, -0.25) is 10.1 Å². The maximum absolute atomic E-state index is 11.3. The number of hydrogen-bond acceptors (Lipinski definition) is 5. The fourth-order valence-corrected chi connectivity index (χ4v) is 3.18. The summed E-state index contributed by atoms with van der Waals surface area (Å²) >= 11 is 1.49. The van der Waals surface area contributed by atoms with Crippen molar-refractivity contribution >= 4 is 17.4 Å². The van der Waals surface area contributed by atoms with Gasteiger partial charge in [0.2, 0.25) is 0 Å². The van der Waals surface area contributed by atoms with Crippen LogP contribution in [0.5, 0.6) is 0 Å².